The molecule has 7 nitrogen and oxygen atoms in total. The number of carbonyl (C=O) groups is 2. The molecule has 156 valence electrons. The van der Waals surface area contributed by atoms with Gasteiger partial charge >= 0.3 is 11.6 Å². The van der Waals surface area contributed by atoms with Gasteiger partial charge in [-0.2, -0.15) is 0 Å². The van der Waals surface area contributed by atoms with Crippen LogP contribution in [0.4, 0.5) is 0 Å². The molecule has 0 aliphatic heterocycles. The first-order valence-corrected chi connectivity index (χ1v) is 10.0. The number of esters is 1. The lowest BCUT2D eigenvalue weighted by molar-refractivity contribution is -0.157. The second kappa shape index (κ2) is 9.11. The molecule has 1 aliphatic carbocycles. The van der Waals surface area contributed by atoms with Gasteiger partial charge in [0.2, 0.25) is 0 Å². The van der Waals surface area contributed by atoms with E-state index in [1.807, 2.05) is 6.92 Å². The van der Waals surface area contributed by atoms with Crippen LogP contribution >= 0.6 is 0 Å². The summed E-state index contributed by atoms with van der Waals surface area (Å²) in [6.45, 7) is 5.15. The van der Waals surface area contributed by atoms with Gasteiger partial charge in [-0.1, -0.05) is 19.8 Å². The Hall–Kier alpha value is -2.83. The van der Waals surface area contributed by atoms with Crippen LogP contribution in [0.3, 0.4) is 0 Å². The highest BCUT2D eigenvalue weighted by Crippen LogP contribution is 2.24. The zero-order chi connectivity index (χ0) is 21.0. The van der Waals surface area contributed by atoms with Crippen LogP contribution in [0.1, 0.15) is 45.1 Å². The van der Waals surface area contributed by atoms with Crippen molar-refractivity contribution < 1.29 is 23.5 Å². The summed E-state index contributed by atoms with van der Waals surface area (Å²) in [4.78, 5) is 35.9. The monoisotopic (exact) mass is 401 g/mol. The Bertz CT molecular complexity index is 950. The predicted octanol–water partition coefficient (Wildman–Crippen LogP) is 3.11. The molecular formula is C22H27NO6. The van der Waals surface area contributed by atoms with E-state index in [4.69, 9.17) is 13.9 Å². The fraction of sp³-hybridized carbons (Fsp3) is 0.500. The van der Waals surface area contributed by atoms with Gasteiger partial charge in [-0.3, -0.25) is 4.79 Å². The van der Waals surface area contributed by atoms with Gasteiger partial charge in [0.1, 0.15) is 11.3 Å². The molecule has 3 rings (SSSR count). The normalized spacial score (nSPS) is 20.1. The maximum Gasteiger partial charge on any atom is 0.344 e. The lowest BCUT2D eigenvalue weighted by atomic mass is 9.86. The number of hydrogen-bond donors (Lipinski definition) is 1. The standard InChI is InChI=1S/C22H27NO6/c1-13-6-4-5-7-18(13)23-22(26)15(3)28-21(25)12-27-16-8-9-17-14(2)10-20(24)29-19(17)11-16/h8-11,13,15,18H,4-7,12H2,1-3H3,(H,23,26)/t13-,15-,18+/m0/s1. The molecule has 0 saturated heterocycles. The van der Waals surface area contributed by atoms with Crippen molar-refractivity contribution in [1.29, 1.82) is 0 Å². The molecule has 0 unspecified atom stereocenters. The van der Waals surface area contributed by atoms with Crippen molar-refractivity contribution in [1.82, 2.24) is 5.32 Å². The Kier molecular flexibility index (Phi) is 6.56. The molecule has 29 heavy (non-hydrogen) atoms. The molecule has 1 N–H and O–H groups in total. The van der Waals surface area contributed by atoms with Gasteiger partial charge in [-0.25, -0.2) is 9.59 Å². The van der Waals surface area contributed by atoms with Crippen LogP contribution < -0.4 is 15.7 Å². The van der Waals surface area contributed by atoms with E-state index in [-0.39, 0.29) is 18.6 Å². The largest absolute Gasteiger partial charge is 0.482 e. The summed E-state index contributed by atoms with van der Waals surface area (Å²) >= 11 is 0. The highest BCUT2D eigenvalue weighted by molar-refractivity contribution is 5.84. The molecule has 1 aromatic carbocycles. The fourth-order valence-electron chi connectivity index (χ4n) is 3.65. The van der Waals surface area contributed by atoms with E-state index in [2.05, 4.69) is 12.2 Å². The molecule has 1 aromatic heterocycles. The average Bonchev–Trinajstić information content (AvgIpc) is 2.67. The van der Waals surface area contributed by atoms with E-state index in [9.17, 15) is 14.4 Å². The average molecular weight is 401 g/mol. The summed E-state index contributed by atoms with van der Waals surface area (Å²) in [5.74, 6) is -0.137. The molecule has 1 fully saturated rings. The van der Waals surface area contributed by atoms with Crippen molar-refractivity contribution in [2.24, 2.45) is 5.92 Å². The first-order chi connectivity index (χ1) is 13.8. The van der Waals surface area contributed by atoms with Crippen molar-refractivity contribution in [3.8, 4) is 5.75 Å². The summed E-state index contributed by atoms with van der Waals surface area (Å²) in [6.07, 6.45) is 3.44. The van der Waals surface area contributed by atoms with Gasteiger partial charge in [0.25, 0.3) is 5.91 Å². The van der Waals surface area contributed by atoms with E-state index in [0.29, 0.717) is 17.3 Å². The molecule has 0 radical (unpaired) electrons. The predicted molar refractivity (Wildman–Crippen MR) is 108 cm³/mol. The van der Waals surface area contributed by atoms with E-state index >= 15 is 0 Å². The van der Waals surface area contributed by atoms with Crippen LogP contribution in [0.25, 0.3) is 11.0 Å². The van der Waals surface area contributed by atoms with Crippen LogP contribution in [0, 0.1) is 12.8 Å². The van der Waals surface area contributed by atoms with E-state index in [1.54, 1.807) is 25.1 Å². The Morgan fingerprint density at radius 3 is 2.76 bits per heavy atom. The summed E-state index contributed by atoms with van der Waals surface area (Å²) < 4.78 is 15.8. The molecule has 1 amide bonds. The summed E-state index contributed by atoms with van der Waals surface area (Å²) in [7, 11) is 0. The molecule has 0 spiro atoms. The van der Waals surface area contributed by atoms with E-state index < -0.39 is 17.7 Å². The van der Waals surface area contributed by atoms with Crippen LogP contribution in [-0.4, -0.2) is 30.6 Å². The zero-order valence-corrected chi connectivity index (χ0v) is 17.0. The number of nitrogens with one attached hydrogen (secondary N) is 1. The van der Waals surface area contributed by atoms with Crippen molar-refractivity contribution in [3.63, 3.8) is 0 Å². The first-order valence-electron chi connectivity index (χ1n) is 10.0. The van der Waals surface area contributed by atoms with Gasteiger partial charge in [0.05, 0.1) is 0 Å². The third-order valence-corrected chi connectivity index (χ3v) is 5.40. The minimum Gasteiger partial charge on any atom is -0.482 e. The zero-order valence-electron chi connectivity index (χ0n) is 17.0. The molecule has 0 bridgehead atoms. The highest BCUT2D eigenvalue weighted by atomic mass is 16.6. The van der Waals surface area contributed by atoms with Crippen LogP contribution in [0.2, 0.25) is 0 Å². The van der Waals surface area contributed by atoms with E-state index in [0.717, 1.165) is 30.2 Å². The van der Waals surface area contributed by atoms with Crippen molar-refractivity contribution in [2.75, 3.05) is 6.61 Å². The number of fused-ring (bicyclic) bond motifs is 1. The minimum atomic E-state index is -0.891. The number of benzene rings is 1. The van der Waals surface area contributed by atoms with Gasteiger partial charge in [-0.05, 0) is 50.3 Å². The minimum absolute atomic E-state index is 0.129. The summed E-state index contributed by atoms with van der Waals surface area (Å²) in [5.41, 5.74) is 0.739. The van der Waals surface area contributed by atoms with Crippen molar-refractivity contribution in [3.05, 3.63) is 40.2 Å². The molecule has 1 saturated carbocycles. The highest BCUT2D eigenvalue weighted by Gasteiger charge is 2.26. The summed E-state index contributed by atoms with van der Waals surface area (Å²) in [5, 5.41) is 3.77. The molecule has 7 heteroatoms. The first kappa shape index (κ1) is 20.9. The Morgan fingerprint density at radius 2 is 2.00 bits per heavy atom. The second-order valence-electron chi connectivity index (χ2n) is 7.70. The van der Waals surface area contributed by atoms with Gasteiger partial charge < -0.3 is 19.2 Å². The lowest BCUT2D eigenvalue weighted by Gasteiger charge is -2.30. The summed E-state index contributed by atoms with van der Waals surface area (Å²) in [6, 6.07) is 6.54. The Labute approximate surface area is 169 Å². The van der Waals surface area contributed by atoms with E-state index in [1.165, 1.54) is 12.5 Å². The number of amides is 1. The van der Waals surface area contributed by atoms with Crippen LogP contribution in [0.5, 0.6) is 5.75 Å². The quantitative estimate of drug-likeness (QED) is 0.590. The number of ether oxygens (including phenoxy) is 2. The smallest absolute Gasteiger partial charge is 0.344 e. The van der Waals surface area contributed by atoms with Crippen molar-refractivity contribution in [2.45, 2.75) is 58.6 Å². The second-order valence-corrected chi connectivity index (χ2v) is 7.70. The van der Waals surface area contributed by atoms with Crippen molar-refractivity contribution >= 4 is 22.8 Å². The SMILES string of the molecule is Cc1cc(=O)oc2cc(OCC(=O)O[C@@H](C)C(=O)N[C@@H]3CCCC[C@@H]3C)ccc12. The molecule has 1 aliphatic rings. The Morgan fingerprint density at radius 1 is 1.24 bits per heavy atom. The van der Waals surface area contributed by atoms with Crippen LogP contribution in [0.15, 0.2) is 33.5 Å². The van der Waals surface area contributed by atoms with Crippen LogP contribution in [-0.2, 0) is 14.3 Å². The number of hydrogen-bond acceptors (Lipinski definition) is 6. The number of aryl methyl sites for hydroxylation is 1. The van der Waals surface area contributed by atoms with Gasteiger partial charge in [0.15, 0.2) is 12.7 Å². The maximum atomic E-state index is 12.3. The molecular weight excluding hydrogens is 374 g/mol. The lowest BCUT2D eigenvalue weighted by Crippen LogP contribution is -2.46. The Balaban J connectivity index is 1.52. The number of rotatable bonds is 6. The number of carbonyl (C=O) groups excluding carboxylic acids is 2. The maximum absolute atomic E-state index is 12.3. The fourth-order valence-corrected chi connectivity index (χ4v) is 3.65. The topological polar surface area (TPSA) is 94.8 Å². The molecule has 1 heterocycles. The molecule has 2 aromatic rings. The third-order valence-electron chi connectivity index (χ3n) is 5.40. The van der Waals surface area contributed by atoms with Gasteiger partial charge in [-0.15, -0.1) is 0 Å². The molecule has 3 atom stereocenters. The van der Waals surface area contributed by atoms with Gasteiger partial charge in [0, 0.05) is 23.6 Å². The third kappa shape index (κ3) is 5.37.